The van der Waals surface area contributed by atoms with E-state index in [0.29, 0.717) is 0 Å². The maximum Gasteiger partial charge on any atom is 0.0890 e. The predicted octanol–water partition coefficient (Wildman–Crippen LogP) is 3.14. The van der Waals surface area contributed by atoms with Crippen molar-refractivity contribution in [2.24, 2.45) is 0 Å². The van der Waals surface area contributed by atoms with Gasteiger partial charge in [-0.05, 0) is 63.5 Å². The van der Waals surface area contributed by atoms with E-state index in [1.165, 1.54) is 11.1 Å². The molecule has 0 aromatic carbocycles. The molecule has 0 aromatic rings. The Balaban J connectivity index is 3.69. The van der Waals surface area contributed by atoms with Crippen molar-refractivity contribution in [2.45, 2.75) is 52.4 Å². The van der Waals surface area contributed by atoms with Crippen molar-refractivity contribution in [3.8, 4) is 0 Å². The van der Waals surface area contributed by atoms with Crippen LogP contribution in [0.4, 0.5) is 0 Å². The van der Waals surface area contributed by atoms with Crippen molar-refractivity contribution in [3.63, 3.8) is 0 Å². The summed E-state index contributed by atoms with van der Waals surface area (Å²) in [5.74, 6) is 0. The van der Waals surface area contributed by atoms with Crippen molar-refractivity contribution in [2.75, 3.05) is 13.2 Å². The van der Waals surface area contributed by atoms with E-state index in [4.69, 9.17) is 14.9 Å². The van der Waals surface area contributed by atoms with Crippen molar-refractivity contribution in [3.05, 3.63) is 23.7 Å². The molecule has 0 aromatic heterocycles. The van der Waals surface area contributed by atoms with Gasteiger partial charge in [-0.25, -0.2) is 0 Å². The number of allylic oxidation sites excluding steroid dienone is 2. The van der Waals surface area contributed by atoms with Crippen molar-refractivity contribution in [1.29, 1.82) is 0 Å². The Bertz CT molecular complexity index is 208. The van der Waals surface area contributed by atoms with E-state index >= 15 is 0 Å². The first kappa shape index (κ1) is 16.2. The summed E-state index contributed by atoms with van der Waals surface area (Å²) >= 11 is 0. The Morgan fingerprint density at radius 3 is 1.59 bits per heavy atom. The van der Waals surface area contributed by atoms with Gasteiger partial charge in [0.25, 0.3) is 0 Å². The number of ether oxygens (including phenoxy) is 1. The lowest BCUT2D eigenvalue weighted by molar-refractivity contribution is 0.284. The van der Waals surface area contributed by atoms with E-state index in [-0.39, 0.29) is 13.2 Å². The largest absolute Gasteiger partial charge is 0.473 e. The minimum Gasteiger partial charge on any atom is -0.473 e. The standard InChI is InChI=1S/C14H26O3/c1-13(7-3-5-9-15)11-17-12-14(2)8-4-6-10-16/h11-12,15-16H,3-10H2,1-2H3. The number of aliphatic hydroxyl groups excluding tert-OH is 2. The summed E-state index contributed by atoms with van der Waals surface area (Å²) in [7, 11) is 0. The van der Waals surface area contributed by atoms with E-state index in [1.54, 1.807) is 12.5 Å². The molecule has 100 valence electrons. The minimum absolute atomic E-state index is 0.262. The van der Waals surface area contributed by atoms with Crippen LogP contribution in [0.15, 0.2) is 23.7 Å². The number of hydrogen-bond acceptors (Lipinski definition) is 3. The van der Waals surface area contributed by atoms with Gasteiger partial charge in [0.1, 0.15) is 0 Å². The molecule has 0 aliphatic carbocycles. The molecule has 0 aliphatic heterocycles. The summed E-state index contributed by atoms with van der Waals surface area (Å²) in [5, 5.41) is 17.3. The summed E-state index contributed by atoms with van der Waals surface area (Å²) in [6, 6.07) is 0. The molecule has 0 bridgehead atoms. The molecule has 0 atom stereocenters. The molecule has 0 saturated carbocycles. The first-order valence-corrected chi connectivity index (χ1v) is 6.39. The highest BCUT2D eigenvalue weighted by Crippen LogP contribution is 2.09. The zero-order valence-corrected chi connectivity index (χ0v) is 11.1. The molecule has 3 heteroatoms. The topological polar surface area (TPSA) is 49.7 Å². The fourth-order valence-electron chi connectivity index (χ4n) is 1.42. The first-order chi connectivity index (χ1) is 8.20. The lowest BCUT2D eigenvalue weighted by Crippen LogP contribution is -1.86. The molecule has 0 fully saturated rings. The summed E-state index contributed by atoms with van der Waals surface area (Å²) < 4.78 is 5.37. The molecule has 0 radical (unpaired) electrons. The zero-order valence-electron chi connectivity index (χ0n) is 11.1. The third-order valence-corrected chi connectivity index (χ3v) is 2.50. The van der Waals surface area contributed by atoms with Gasteiger partial charge in [0.2, 0.25) is 0 Å². The molecule has 0 rings (SSSR count). The quantitative estimate of drug-likeness (QED) is 0.457. The number of unbranched alkanes of at least 4 members (excludes halogenated alkanes) is 2. The van der Waals surface area contributed by atoms with Gasteiger partial charge in [0.05, 0.1) is 12.5 Å². The molecule has 0 aliphatic rings. The molecule has 0 amide bonds. The molecular weight excluding hydrogens is 216 g/mol. The van der Waals surface area contributed by atoms with Crippen LogP contribution in [0.2, 0.25) is 0 Å². The highest BCUT2D eigenvalue weighted by Gasteiger charge is 1.92. The average Bonchev–Trinajstić information content (AvgIpc) is 2.30. The van der Waals surface area contributed by atoms with Crippen LogP contribution in [0, 0.1) is 0 Å². The van der Waals surface area contributed by atoms with E-state index in [0.717, 1.165) is 38.5 Å². The number of aliphatic hydroxyl groups is 2. The summed E-state index contributed by atoms with van der Waals surface area (Å²) in [5.41, 5.74) is 2.38. The Hall–Kier alpha value is -0.800. The van der Waals surface area contributed by atoms with Crippen LogP contribution < -0.4 is 0 Å². The third kappa shape index (κ3) is 11.5. The van der Waals surface area contributed by atoms with Gasteiger partial charge in [0.15, 0.2) is 0 Å². The molecule has 0 heterocycles. The van der Waals surface area contributed by atoms with Crippen molar-refractivity contribution >= 4 is 0 Å². The van der Waals surface area contributed by atoms with Crippen LogP contribution in [0.1, 0.15) is 52.4 Å². The fourth-order valence-corrected chi connectivity index (χ4v) is 1.42. The second kappa shape index (κ2) is 11.7. The molecule has 0 spiro atoms. The van der Waals surface area contributed by atoms with Crippen LogP contribution in [0.3, 0.4) is 0 Å². The van der Waals surface area contributed by atoms with Crippen LogP contribution >= 0.6 is 0 Å². The van der Waals surface area contributed by atoms with Gasteiger partial charge < -0.3 is 14.9 Å². The minimum atomic E-state index is 0.262. The predicted molar refractivity (Wildman–Crippen MR) is 70.5 cm³/mol. The van der Waals surface area contributed by atoms with Gasteiger partial charge >= 0.3 is 0 Å². The normalized spacial score (nSPS) is 12.9. The molecule has 0 saturated heterocycles. The van der Waals surface area contributed by atoms with Gasteiger partial charge in [-0.2, -0.15) is 0 Å². The summed E-state index contributed by atoms with van der Waals surface area (Å²) in [4.78, 5) is 0. The molecule has 0 unspecified atom stereocenters. The van der Waals surface area contributed by atoms with Crippen molar-refractivity contribution < 1.29 is 14.9 Å². The maximum absolute atomic E-state index is 8.65. The smallest absolute Gasteiger partial charge is 0.0890 e. The van der Waals surface area contributed by atoms with Crippen LogP contribution in [-0.2, 0) is 4.74 Å². The van der Waals surface area contributed by atoms with Gasteiger partial charge in [-0.15, -0.1) is 0 Å². The van der Waals surface area contributed by atoms with Crippen LogP contribution in [0.25, 0.3) is 0 Å². The second-order valence-corrected chi connectivity index (χ2v) is 4.43. The highest BCUT2D eigenvalue weighted by molar-refractivity contribution is 4.97. The third-order valence-electron chi connectivity index (χ3n) is 2.50. The molecule has 17 heavy (non-hydrogen) atoms. The SMILES string of the molecule is CC(=COC=C(C)CCCCO)CCCCO. The first-order valence-electron chi connectivity index (χ1n) is 6.39. The second-order valence-electron chi connectivity index (χ2n) is 4.43. The van der Waals surface area contributed by atoms with E-state index < -0.39 is 0 Å². The number of rotatable bonds is 10. The van der Waals surface area contributed by atoms with E-state index in [2.05, 4.69) is 0 Å². The lowest BCUT2D eigenvalue weighted by atomic mass is 10.1. The van der Waals surface area contributed by atoms with Gasteiger partial charge in [0, 0.05) is 13.2 Å². The van der Waals surface area contributed by atoms with E-state index in [1.807, 2.05) is 13.8 Å². The number of hydrogen-bond donors (Lipinski definition) is 2. The fraction of sp³-hybridized carbons (Fsp3) is 0.714. The zero-order chi connectivity index (χ0) is 12.9. The monoisotopic (exact) mass is 242 g/mol. The highest BCUT2D eigenvalue weighted by atomic mass is 16.5. The summed E-state index contributed by atoms with van der Waals surface area (Å²) in [6.07, 6.45) is 9.18. The molecule has 3 nitrogen and oxygen atoms in total. The van der Waals surface area contributed by atoms with Crippen molar-refractivity contribution in [1.82, 2.24) is 0 Å². The van der Waals surface area contributed by atoms with Gasteiger partial charge in [-0.1, -0.05) is 0 Å². The average molecular weight is 242 g/mol. The Kier molecular flexibility index (Phi) is 11.1. The molecule has 2 N–H and O–H groups in total. The van der Waals surface area contributed by atoms with Crippen LogP contribution in [0.5, 0.6) is 0 Å². The Morgan fingerprint density at radius 1 is 0.824 bits per heavy atom. The Labute approximate surface area is 105 Å². The van der Waals surface area contributed by atoms with Crippen LogP contribution in [-0.4, -0.2) is 23.4 Å². The Morgan fingerprint density at radius 2 is 1.24 bits per heavy atom. The summed E-state index contributed by atoms with van der Waals surface area (Å²) in [6.45, 7) is 4.59. The maximum atomic E-state index is 8.65. The molecular formula is C14H26O3. The lowest BCUT2D eigenvalue weighted by Gasteiger charge is -2.02. The van der Waals surface area contributed by atoms with Gasteiger partial charge in [-0.3, -0.25) is 0 Å². The van der Waals surface area contributed by atoms with E-state index in [9.17, 15) is 0 Å².